The van der Waals surface area contributed by atoms with E-state index in [1.54, 1.807) is 11.8 Å². The third kappa shape index (κ3) is 3.68. The zero-order chi connectivity index (χ0) is 12.8. The maximum Gasteiger partial charge on any atom is 0.276 e. The van der Waals surface area contributed by atoms with Crippen LogP contribution in [-0.2, 0) is 6.61 Å². The second kappa shape index (κ2) is 6.70. The van der Waals surface area contributed by atoms with Crippen LogP contribution in [0.5, 0.6) is 5.75 Å². The molecule has 0 fully saturated rings. The molecule has 1 aromatic carbocycles. The van der Waals surface area contributed by atoms with Crippen LogP contribution in [0.4, 0.5) is 0 Å². The van der Waals surface area contributed by atoms with Gasteiger partial charge in [0.2, 0.25) is 0 Å². The van der Waals surface area contributed by atoms with Crippen LogP contribution in [0.3, 0.4) is 0 Å². The summed E-state index contributed by atoms with van der Waals surface area (Å²) in [4.78, 5) is 1.21. The Morgan fingerprint density at radius 3 is 2.67 bits per heavy atom. The Hall–Kier alpha value is -1.14. The van der Waals surface area contributed by atoms with Gasteiger partial charge in [-0.05, 0) is 36.3 Å². The topological polar surface area (TPSA) is 48.2 Å². The highest BCUT2D eigenvalue weighted by molar-refractivity contribution is 7.99. The fourth-order valence-electron chi connectivity index (χ4n) is 1.30. The molecule has 6 heteroatoms. The van der Waals surface area contributed by atoms with E-state index in [0.29, 0.717) is 17.7 Å². The second-order valence-corrected chi connectivity index (χ2v) is 5.45. The highest BCUT2D eigenvalue weighted by Gasteiger charge is 2.06. The van der Waals surface area contributed by atoms with Crippen molar-refractivity contribution < 1.29 is 9.15 Å². The Kier molecular flexibility index (Phi) is 4.95. The average Bonchev–Trinajstić information content (AvgIpc) is 2.85. The lowest BCUT2D eigenvalue weighted by molar-refractivity contribution is 0.252. The molecular weight excluding hydrogens is 268 g/mol. The molecule has 0 aliphatic rings. The van der Waals surface area contributed by atoms with Crippen molar-refractivity contribution in [2.45, 2.75) is 23.6 Å². The van der Waals surface area contributed by atoms with E-state index in [-0.39, 0.29) is 0 Å². The predicted molar refractivity (Wildman–Crippen MR) is 73.3 cm³/mol. The van der Waals surface area contributed by atoms with Crippen molar-refractivity contribution in [2.75, 3.05) is 12.0 Å². The zero-order valence-electron chi connectivity index (χ0n) is 10.3. The first kappa shape index (κ1) is 13.3. The third-order valence-corrected chi connectivity index (χ3v) is 3.58. The lowest BCUT2D eigenvalue weighted by atomic mass is 10.3. The molecular formula is C12H14N2O2S2. The Balaban J connectivity index is 1.89. The van der Waals surface area contributed by atoms with Gasteiger partial charge in [-0.25, -0.2) is 0 Å². The standard InChI is InChI=1S/C12H14N2O2S2/c1-3-18-12-14-13-11(16-12)8-15-9-4-6-10(17-2)7-5-9/h4-7H,3,8H2,1-2H3. The molecule has 0 unspecified atom stereocenters. The first-order valence-electron chi connectivity index (χ1n) is 5.54. The summed E-state index contributed by atoms with van der Waals surface area (Å²) in [6.45, 7) is 2.34. The molecule has 1 heterocycles. The lowest BCUT2D eigenvalue weighted by Gasteiger charge is -2.03. The van der Waals surface area contributed by atoms with Crippen molar-refractivity contribution >= 4 is 23.5 Å². The van der Waals surface area contributed by atoms with Crippen molar-refractivity contribution in [1.82, 2.24) is 10.2 Å². The molecule has 0 N–H and O–H groups in total. The fraction of sp³-hybridized carbons (Fsp3) is 0.333. The van der Waals surface area contributed by atoms with Crippen LogP contribution < -0.4 is 4.74 Å². The second-order valence-electron chi connectivity index (χ2n) is 3.36. The number of ether oxygens (including phenoxy) is 1. The number of rotatable bonds is 6. The van der Waals surface area contributed by atoms with Crippen LogP contribution in [0.2, 0.25) is 0 Å². The summed E-state index contributed by atoms with van der Waals surface area (Å²) in [5.41, 5.74) is 0. The molecule has 1 aromatic heterocycles. The van der Waals surface area contributed by atoms with E-state index in [4.69, 9.17) is 9.15 Å². The van der Waals surface area contributed by atoms with Gasteiger partial charge in [0.15, 0.2) is 6.61 Å². The molecule has 0 amide bonds. The molecule has 2 rings (SSSR count). The average molecular weight is 282 g/mol. The highest BCUT2D eigenvalue weighted by atomic mass is 32.2. The van der Waals surface area contributed by atoms with Gasteiger partial charge >= 0.3 is 0 Å². The first-order chi connectivity index (χ1) is 8.81. The largest absolute Gasteiger partial charge is 0.484 e. The number of hydrogen-bond donors (Lipinski definition) is 0. The molecule has 18 heavy (non-hydrogen) atoms. The number of aromatic nitrogens is 2. The SMILES string of the molecule is CCSc1nnc(COc2ccc(SC)cc2)o1. The maximum absolute atomic E-state index is 5.57. The van der Waals surface area contributed by atoms with Gasteiger partial charge in [0, 0.05) is 4.90 Å². The zero-order valence-corrected chi connectivity index (χ0v) is 11.9. The van der Waals surface area contributed by atoms with Crippen molar-refractivity contribution in [2.24, 2.45) is 0 Å². The summed E-state index contributed by atoms with van der Waals surface area (Å²) in [6, 6.07) is 7.91. The quantitative estimate of drug-likeness (QED) is 0.756. The third-order valence-electron chi connectivity index (χ3n) is 2.14. The van der Waals surface area contributed by atoms with E-state index in [0.717, 1.165) is 11.5 Å². The van der Waals surface area contributed by atoms with E-state index in [1.165, 1.54) is 16.7 Å². The molecule has 96 valence electrons. The molecule has 4 nitrogen and oxygen atoms in total. The Morgan fingerprint density at radius 2 is 2.00 bits per heavy atom. The van der Waals surface area contributed by atoms with Gasteiger partial charge in [-0.15, -0.1) is 22.0 Å². The summed E-state index contributed by atoms with van der Waals surface area (Å²) >= 11 is 3.23. The molecule has 0 aliphatic carbocycles. The van der Waals surface area contributed by atoms with Gasteiger partial charge in [-0.3, -0.25) is 0 Å². The molecule has 0 radical (unpaired) electrons. The minimum atomic E-state index is 0.301. The van der Waals surface area contributed by atoms with E-state index >= 15 is 0 Å². The molecule has 0 bridgehead atoms. The predicted octanol–water partition coefficient (Wildman–Crippen LogP) is 3.48. The summed E-state index contributed by atoms with van der Waals surface area (Å²) < 4.78 is 11.0. The van der Waals surface area contributed by atoms with Gasteiger partial charge in [0.05, 0.1) is 0 Å². The van der Waals surface area contributed by atoms with Crippen LogP contribution >= 0.6 is 23.5 Å². The van der Waals surface area contributed by atoms with Gasteiger partial charge in [-0.1, -0.05) is 18.7 Å². The number of thioether (sulfide) groups is 2. The van der Waals surface area contributed by atoms with Gasteiger partial charge in [-0.2, -0.15) is 0 Å². The lowest BCUT2D eigenvalue weighted by Crippen LogP contribution is -1.95. The summed E-state index contributed by atoms with van der Waals surface area (Å²) in [7, 11) is 0. The van der Waals surface area contributed by atoms with Gasteiger partial charge < -0.3 is 9.15 Å². The van der Waals surface area contributed by atoms with E-state index in [9.17, 15) is 0 Å². The minimum Gasteiger partial charge on any atom is -0.484 e. The molecule has 0 spiro atoms. The highest BCUT2D eigenvalue weighted by Crippen LogP contribution is 2.20. The molecule has 0 saturated heterocycles. The first-order valence-corrected chi connectivity index (χ1v) is 7.75. The summed E-state index contributed by atoms with van der Waals surface area (Å²) in [5.74, 6) is 2.22. The number of benzene rings is 1. The summed E-state index contributed by atoms with van der Waals surface area (Å²) in [5, 5.41) is 8.42. The summed E-state index contributed by atoms with van der Waals surface area (Å²) in [6.07, 6.45) is 2.04. The Morgan fingerprint density at radius 1 is 1.22 bits per heavy atom. The number of nitrogens with zero attached hydrogens (tertiary/aromatic N) is 2. The molecule has 0 atom stereocenters. The van der Waals surface area contributed by atoms with Crippen molar-refractivity contribution in [3.05, 3.63) is 30.2 Å². The Bertz CT molecular complexity index is 485. The van der Waals surface area contributed by atoms with Crippen molar-refractivity contribution in [3.63, 3.8) is 0 Å². The smallest absolute Gasteiger partial charge is 0.276 e. The van der Waals surface area contributed by atoms with Crippen molar-refractivity contribution in [1.29, 1.82) is 0 Å². The number of hydrogen-bond acceptors (Lipinski definition) is 6. The minimum absolute atomic E-state index is 0.301. The van der Waals surface area contributed by atoms with Gasteiger partial charge in [0.25, 0.3) is 11.1 Å². The van der Waals surface area contributed by atoms with Crippen LogP contribution in [0.1, 0.15) is 12.8 Å². The maximum atomic E-state index is 5.57. The van der Waals surface area contributed by atoms with E-state index in [2.05, 4.69) is 10.2 Å². The molecule has 0 aliphatic heterocycles. The van der Waals surface area contributed by atoms with Crippen LogP contribution in [0.15, 0.2) is 38.8 Å². The molecule has 2 aromatic rings. The Labute approximate surface area is 115 Å². The van der Waals surface area contributed by atoms with Crippen LogP contribution in [0.25, 0.3) is 0 Å². The van der Waals surface area contributed by atoms with Crippen molar-refractivity contribution in [3.8, 4) is 5.75 Å². The monoisotopic (exact) mass is 282 g/mol. The van der Waals surface area contributed by atoms with Crippen LogP contribution in [0, 0.1) is 0 Å². The van der Waals surface area contributed by atoms with E-state index < -0.39 is 0 Å². The fourth-order valence-corrected chi connectivity index (χ4v) is 2.20. The van der Waals surface area contributed by atoms with Crippen LogP contribution in [-0.4, -0.2) is 22.2 Å². The van der Waals surface area contributed by atoms with Gasteiger partial charge in [0.1, 0.15) is 5.75 Å². The van der Waals surface area contributed by atoms with E-state index in [1.807, 2.05) is 37.4 Å². The molecule has 0 saturated carbocycles. The normalized spacial score (nSPS) is 10.6.